The molecule has 0 aromatic heterocycles. The number of rotatable bonds is 6. The maximum absolute atomic E-state index is 10.9. The summed E-state index contributed by atoms with van der Waals surface area (Å²) in [6.07, 6.45) is 0.424. The lowest BCUT2D eigenvalue weighted by atomic mass is 9.83. The molecule has 0 aliphatic heterocycles. The first-order valence-electron chi connectivity index (χ1n) is 5.69. The minimum Gasteiger partial charge on any atom is -0.379 e. The van der Waals surface area contributed by atoms with E-state index < -0.39 is 38.3 Å². The van der Waals surface area contributed by atoms with E-state index in [2.05, 4.69) is 0 Å². The third-order valence-corrected chi connectivity index (χ3v) is 5.23. The van der Waals surface area contributed by atoms with Crippen LogP contribution in [0.15, 0.2) is 11.9 Å². The summed E-state index contributed by atoms with van der Waals surface area (Å²) in [5.41, 5.74) is 0. The smallest absolute Gasteiger partial charge is 0.348 e. The summed E-state index contributed by atoms with van der Waals surface area (Å²) in [5.74, 6) is -0.0533. The van der Waals surface area contributed by atoms with Crippen LogP contribution in [0.25, 0.3) is 0 Å². The van der Waals surface area contributed by atoms with Crippen molar-refractivity contribution in [1.29, 1.82) is 0 Å². The molecular weight excluding hydrogens is 325 g/mol. The Hall–Kier alpha value is 0.445. The molecule has 1 unspecified atom stereocenters. The van der Waals surface area contributed by atoms with Gasteiger partial charge >= 0.3 is 14.3 Å². The van der Waals surface area contributed by atoms with Crippen molar-refractivity contribution in [2.45, 2.75) is 24.4 Å². The lowest BCUT2D eigenvalue weighted by Crippen LogP contribution is -2.30. The van der Waals surface area contributed by atoms with Gasteiger partial charge in [0.25, 0.3) is 0 Å². The second-order valence-electron chi connectivity index (χ2n) is 4.42. The van der Waals surface area contributed by atoms with E-state index in [1.807, 2.05) is 0 Å². The SMILES string of the molecule is [B][C@@H]1C[C@H](/C=C/P(=O)(O)O)[C@@H](OP(O)(=S)OC)[C@H]1OC. The van der Waals surface area contributed by atoms with Crippen molar-refractivity contribution in [2.24, 2.45) is 5.92 Å². The fraction of sp³-hybridized carbons (Fsp3) is 0.778. The normalized spacial score (nSPS) is 34.5. The predicted molar refractivity (Wildman–Crippen MR) is 78.0 cm³/mol. The Bertz CT molecular complexity index is 454. The number of hydrogen-bond acceptors (Lipinski definition) is 5. The molecular formula is C9H17BO7P2S. The van der Waals surface area contributed by atoms with Crippen LogP contribution in [0, 0.1) is 5.92 Å². The van der Waals surface area contributed by atoms with Gasteiger partial charge < -0.3 is 28.5 Å². The topological polar surface area (TPSA) is 105 Å². The quantitative estimate of drug-likeness (QED) is 0.483. The van der Waals surface area contributed by atoms with Crippen LogP contribution in [0.3, 0.4) is 0 Å². The van der Waals surface area contributed by atoms with Gasteiger partial charge in [-0.3, -0.25) is 4.57 Å². The van der Waals surface area contributed by atoms with Crippen LogP contribution in [0.1, 0.15) is 6.42 Å². The molecule has 1 saturated carbocycles. The van der Waals surface area contributed by atoms with E-state index in [1.165, 1.54) is 20.3 Å². The molecule has 7 nitrogen and oxygen atoms in total. The molecule has 0 aromatic rings. The molecule has 0 heterocycles. The van der Waals surface area contributed by atoms with Gasteiger partial charge in [0, 0.05) is 26.0 Å². The first-order chi connectivity index (χ1) is 9.09. The highest BCUT2D eigenvalue weighted by molar-refractivity contribution is 8.07. The summed E-state index contributed by atoms with van der Waals surface area (Å²) in [5, 5.41) is 0. The average Bonchev–Trinajstić information content (AvgIpc) is 2.61. The number of methoxy groups -OCH3 is 1. The van der Waals surface area contributed by atoms with Crippen molar-refractivity contribution in [3.05, 3.63) is 11.9 Å². The molecule has 3 N–H and O–H groups in total. The van der Waals surface area contributed by atoms with Crippen molar-refractivity contribution in [3.63, 3.8) is 0 Å². The Morgan fingerprint density at radius 1 is 1.30 bits per heavy atom. The van der Waals surface area contributed by atoms with Crippen LogP contribution in [-0.4, -0.2) is 49.0 Å². The molecule has 2 radical (unpaired) electrons. The fourth-order valence-electron chi connectivity index (χ4n) is 2.12. The highest BCUT2D eigenvalue weighted by atomic mass is 32.5. The van der Waals surface area contributed by atoms with Gasteiger partial charge in [0.15, 0.2) is 0 Å². The molecule has 1 aliphatic rings. The minimum absolute atomic E-state index is 0.388. The zero-order valence-corrected chi connectivity index (χ0v) is 13.6. The van der Waals surface area contributed by atoms with Crippen LogP contribution in [0.5, 0.6) is 0 Å². The molecule has 11 heteroatoms. The summed E-state index contributed by atoms with van der Waals surface area (Å²) in [4.78, 5) is 27.5. The van der Waals surface area contributed by atoms with Gasteiger partial charge in [0.05, 0.1) is 20.1 Å². The van der Waals surface area contributed by atoms with Gasteiger partial charge in [-0.05, 0) is 24.0 Å². The van der Waals surface area contributed by atoms with Gasteiger partial charge in [0.1, 0.15) is 0 Å². The fourth-order valence-corrected chi connectivity index (χ4v) is 3.54. The molecule has 0 saturated heterocycles. The van der Waals surface area contributed by atoms with Gasteiger partial charge in [-0.2, -0.15) is 0 Å². The standard InChI is InChI=1S/C9H17BO7P2S/c1-15-9-7(10)5-6(3-4-18(11,12)13)8(9)17-19(14,20)16-2/h3-4,6-9H,5H2,1-2H3,(H,14,20)(H2,11,12,13)/b4-3+/t6-,7+,8+,9-,19?/m0/s1. The Balaban J connectivity index is 2.94. The predicted octanol–water partition coefficient (Wildman–Crippen LogP) is 0.918. The van der Waals surface area contributed by atoms with Crippen molar-refractivity contribution >= 4 is 34.0 Å². The third kappa shape index (κ3) is 5.33. The van der Waals surface area contributed by atoms with Crippen LogP contribution < -0.4 is 0 Å². The summed E-state index contributed by atoms with van der Waals surface area (Å²) >= 11 is 4.78. The Labute approximate surface area is 124 Å². The molecule has 0 aromatic carbocycles. The Morgan fingerprint density at radius 2 is 1.90 bits per heavy atom. The lowest BCUT2D eigenvalue weighted by molar-refractivity contribution is 0.00539. The molecule has 1 fully saturated rings. The Kier molecular flexibility index (Phi) is 6.60. The largest absolute Gasteiger partial charge is 0.379 e. The highest BCUT2D eigenvalue weighted by Crippen LogP contribution is 2.51. The monoisotopic (exact) mass is 342 g/mol. The number of ether oxygens (including phenoxy) is 1. The molecule has 5 atom stereocenters. The molecule has 0 amide bonds. The molecule has 20 heavy (non-hydrogen) atoms. The third-order valence-electron chi connectivity index (χ3n) is 3.00. The zero-order chi connectivity index (χ0) is 15.6. The highest BCUT2D eigenvalue weighted by Gasteiger charge is 2.43. The first-order valence-corrected chi connectivity index (χ1v) is 9.97. The lowest BCUT2D eigenvalue weighted by Gasteiger charge is -2.27. The first kappa shape index (κ1) is 18.5. The van der Waals surface area contributed by atoms with Crippen LogP contribution in [0.4, 0.5) is 0 Å². The van der Waals surface area contributed by atoms with Crippen molar-refractivity contribution < 1.29 is 33.0 Å². The van der Waals surface area contributed by atoms with Crippen LogP contribution >= 0.6 is 14.3 Å². The molecule has 1 aliphatic carbocycles. The van der Waals surface area contributed by atoms with Crippen molar-refractivity contribution in [3.8, 4) is 0 Å². The minimum atomic E-state index is -4.28. The number of hydrogen-bond donors (Lipinski definition) is 3. The maximum atomic E-state index is 10.9. The van der Waals surface area contributed by atoms with E-state index in [4.69, 9.17) is 43.2 Å². The maximum Gasteiger partial charge on any atom is 0.348 e. The summed E-state index contributed by atoms with van der Waals surface area (Å²) in [6, 6.07) is 0. The van der Waals surface area contributed by atoms with Gasteiger partial charge in [-0.1, -0.05) is 6.08 Å². The van der Waals surface area contributed by atoms with Gasteiger partial charge in [-0.25, -0.2) is 0 Å². The van der Waals surface area contributed by atoms with Crippen LogP contribution in [-0.2, 0) is 30.2 Å². The Morgan fingerprint density at radius 3 is 2.35 bits per heavy atom. The zero-order valence-electron chi connectivity index (χ0n) is 11.0. The summed E-state index contributed by atoms with van der Waals surface area (Å²) < 4.78 is 26.2. The average molecular weight is 342 g/mol. The van der Waals surface area contributed by atoms with Gasteiger partial charge in [0.2, 0.25) is 0 Å². The second-order valence-corrected chi connectivity index (χ2v) is 8.79. The van der Waals surface area contributed by atoms with Crippen molar-refractivity contribution in [1.82, 2.24) is 0 Å². The van der Waals surface area contributed by atoms with Crippen molar-refractivity contribution in [2.75, 3.05) is 14.2 Å². The molecule has 0 bridgehead atoms. The van der Waals surface area contributed by atoms with E-state index in [0.717, 1.165) is 5.82 Å². The summed E-state index contributed by atoms with van der Waals surface area (Å²) in [6.45, 7) is -3.43. The van der Waals surface area contributed by atoms with E-state index in [9.17, 15) is 9.46 Å². The van der Waals surface area contributed by atoms with Gasteiger partial charge in [-0.15, -0.1) is 0 Å². The molecule has 0 spiro atoms. The molecule has 1 rings (SSSR count). The summed E-state index contributed by atoms with van der Waals surface area (Å²) in [7, 11) is 4.27. The van der Waals surface area contributed by atoms with E-state index in [0.29, 0.717) is 6.42 Å². The van der Waals surface area contributed by atoms with E-state index >= 15 is 0 Å². The van der Waals surface area contributed by atoms with E-state index in [1.54, 1.807) is 0 Å². The molecule has 114 valence electrons. The van der Waals surface area contributed by atoms with Crippen LogP contribution in [0.2, 0.25) is 5.82 Å². The van der Waals surface area contributed by atoms with E-state index in [-0.39, 0.29) is 0 Å². The second kappa shape index (κ2) is 7.14.